The van der Waals surface area contributed by atoms with Crippen LogP contribution in [0.4, 0.5) is 0 Å². The monoisotopic (exact) mass is 406 g/mol. The van der Waals surface area contributed by atoms with E-state index in [4.69, 9.17) is 0 Å². The maximum absolute atomic E-state index is 12.3. The van der Waals surface area contributed by atoms with Crippen molar-refractivity contribution in [3.05, 3.63) is 11.9 Å². The summed E-state index contributed by atoms with van der Waals surface area (Å²) in [6, 6.07) is 0.937. The number of halogens is 2. The van der Waals surface area contributed by atoms with Crippen LogP contribution in [0.15, 0.2) is 6.20 Å². The minimum absolute atomic E-state index is 0. The molecule has 0 aromatic carbocycles. The zero-order chi connectivity index (χ0) is 16.9. The summed E-state index contributed by atoms with van der Waals surface area (Å²) in [5.41, 5.74) is 0.435. The minimum Gasteiger partial charge on any atom is -0.350 e. The Morgan fingerprint density at radius 2 is 2.04 bits per heavy atom. The van der Waals surface area contributed by atoms with E-state index in [2.05, 4.69) is 39.7 Å². The average molecular weight is 407 g/mol. The van der Waals surface area contributed by atoms with Gasteiger partial charge in [0.05, 0.1) is 12.2 Å². The molecule has 1 amide bonds. The normalized spacial score (nSPS) is 21.7. The topological polar surface area (TPSA) is 75.1 Å². The van der Waals surface area contributed by atoms with Gasteiger partial charge in [-0.05, 0) is 65.1 Å². The van der Waals surface area contributed by atoms with E-state index >= 15 is 0 Å². The highest BCUT2D eigenvalue weighted by Gasteiger charge is 2.23. The van der Waals surface area contributed by atoms with E-state index in [1.165, 1.54) is 19.4 Å². The Hall–Kier alpha value is -0.890. The van der Waals surface area contributed by atoms with Gasteiger partial charge in [0.1, 0.15) is 0 Å². The van der Waals surface area contributed by atoms with Crippen molar-refractivity contribution in [3.63, 3.8) is 0 Å². The average Bonchev–Trinajstić information content (AvgIpc) is 3.11. The Morgan fingerprint density at radius 3 is 2.73 bits per heavy atom. The van der Waals surface area contributed by atoms with Gasteiger partial charge in [0.2, 0.25) is 0 Å². The summed E-state index contributed by atoms with van der Waals surface area (Å²) in [5.74, 6) is 0.432. The molecule has 2 aliphatic rings. The number of hydrogen-bond donors (Lipinski definition) is 2. The summed E-state index contributed by atoms with van der Waals surface area (Å²) in [7, 11) is 0. The number of rotatable bonds is 5. The fourth-order valence-electron chi connectivity index (χ4n) is 3.69. The van der Waals surface area contributed by atoms with Crippen molar-refractivity contribution in [3.8, 4) is 0 Å². The van der Waals surface area contributed by atoms with Gasteiger partial charge in [-0.1, -0.05) is 5.21 Å². The van der Waals surface area contributed by atoms with E-state index < -0.39 is 0 Å². The van der Waals surface area contributed by atoms with Gasteiger partial charge in [-0.25, -0.2) is 4.68 Å². The van der Waals surface area contributed by atoms with E-state index in [1.54, 1.807) is 6.20 Å². The third-order valence-corrected chi connectivity index (χ3v) is 5.26. The molecule has 2 fully saturated rings. The second-order valence-electron chi connectivity index (χ2n) is 7.37. The van der Waals surface area contributed by atoms with Crippen LogP contribution < -0.4 is 10.6 Å². The summed E-state index contributed by atoms with van der Waals surface area (Å²) in [4.78, 5) is 14.8. The molecule has 26 heavy (non-hydrogen) atoms. The molecule has 2 N–H and O–H groups in total. The molecule has 0 saturated carbocycles. The lowest BCUT2D eigenvalue weighted by molar-refractivity contribution is 0.0917. The minimum atomic E-state index is -0.100. The van der Waals surface area contributed by atoms with Crippen LogP contribution in [0.5, 0.6) is 0 Å². The van der Waals surface area contributed by atoms with Crippen LogP contribution in [0.25, 0.3) is 0 Å². The fraction of sp³-hybridized carbons (Fsp3) is 0.824. The molecule has 3 rings (SSSR count). The van der Waals surface area contributed by atoms with Crippen molar-refractivity contribution in [2.24, 2.45) is 5.92 Å². The van der Waals surface area contributed by atoms with Crippen molar-refractivity contribution >= 4 is 30.7 Å². The molecule has 0 spiro atoms. The third-order valence-electron chi connectivity index (χ3n) is 5.26. The van der Waals surface area contributed by atoms with Crippen LogP contribution in [-0.4, -0.2) is 64.6 Å². The molecule has 2 aliphatic heterocycles. The summed E-state index contributed by atoms with van der Waals surface area (Å²) in [5, 5.41) is 14.6. The second-order valence-corrected chi connectivity index (χ2v) is 7.37. The molecule has 150 valence electrons. The highest BCUT2D eigenvalue weighted by atomic mass is 35.5. The zero-order valence-electron chi connectivity index (χ0n) is 15.7. The molecule has 1 atom stereocenters. The number of carbonyl (C=O) groups excluding carboxylic acids is 1. The molecule has 1 aromatic heterocycles. The number of carbonyl (C=O) groups is 1. The number of likely N-dealkylation sites (tertiary alicyclic amines) is 1. The zero-order valence-corrected chi connectivity index (χ0v) is 17.3. The summed E-state index contributed by atoms with van der Waals surface area (Å²) >= 11 is 0. The second kappa shape index (κ2) is 11.1. The van der Waals surface area contributed by atoms with E-state index in [0.29, 0.717) is 23.7 Å². The first-order valence-corrected chi connectivity index (χ1v) is 9.28. The third kappa shape index (κ3) is 6.08. The molecule has 3 heterocycles. The van der Waals surface area contributed by atoms with Crippen LogP contribution in [0, 0.1) is 5.92 Å². The van der Waals surface area contributed by atoms with Crippen LogP contribution in [-0.2, 0) is 0 Å². The number of aromatic nitrogens is 3. The molecule has 0 aliphatic carbocycles. The molecule has 0 bridgehead atoms. The van der Waals surface area contributed by atoms with E-state index in [9.17, 15) is 4.79 Å². The molecule has 1 unspecified atom stereocenters. The summed E-state index contributed by atoms with van der Waals surface area (Å²) in [6.45, 7) is 9.44. The van der Waals surface area contributed by atoms with Crippen LogP contribution in [0.3, 0.4) is 0 Å². The Labute approximate surface area is 168 Å². The maximum atomic E-state index is 12.3. The van der Waals surface area contributed by atoms with Crippen LogP contribution >= 0.6 is 24.8 Å². The highest BCUT2D eigenvalue weighted by molar-refractivity contribution is 5.91. The first-order chi connectivity index (χ1) is 11.6. The molecule has 2 saturated heterocycles. The van der Waals surface area contributed by atoms with Gasteiger partial charge in [0.25, 0.3) is 5.91 Å². The van der Waals surface area contributed by atoms with Gasteiger partial charge in [-0.15, -0.1) is 29.9 Å². The molecular weight excluding hydrogens is 375 g/mol. The fourth-order valence-corrected chi connectivity index (χ4v) is 3.69. The van der Waals surface area contributed by atoms with Crippen LogP contribution in [0.2, 0.25) is 0 Å². The van der Waals surface area contributed by atoms with Gasteiger partial charge >= 0.3 is 0 Å². The largest absolute Gasteiger partial charge is 0.350 e. The van der Waals surface area contributed by atoms with Crippen molar-refractivity contribution in [2.75, 3.05) is 32.7 Å². The van der Waals surface area contributed by atoms with Gasteiger partial charge in [0, 0.05) is 19.1 Å². The first kappa shape index (κ1) is 23.1. The lowest BCUT2D eigenvalue weighted by atomic mass is 9.97. The standard InChI is InChI=1S/C17H30N6O.2ClH/c1-13(2)22-9-3-4-14(11-22)10-19-17(24)16-12-23(21-20-16)15-5-7-18-8-6-15;;/h12-15,18H,3-11H2,1-2H3,(H,19,24);2*1H. The lowest BCUT2D eigenvalue weighted by Crippen LogP contribution is -2.43. The molecule has 0 radical (unpaired) electrons. The van der Waals surface area contributed by atoms with Gasteiger partial charge in [-0.2, -0.15) is 0 Å². The predicted molar refractivity (Wildman–Crippen MR) is 107 cm³/mol. The Bertz CT molecular complexity index is 547. The SMILES string of the molecule is CC(C)N1CCCC(CNC(=O)c2cn(C3CCNCC3)nn2)C1.Cl.Cl. The van der Waals surface area contributed by atoms with Crippen molar-refractivity contribution in [1.82, 2.24) is 30.5 Å². The number of nitrogens with zero attached hydrogens (tertiary/aromatic N) is 4. The Morgan fingerprint density at radius 1 is 1.31 bits per heavy atom. The first-order valence-electron chi connectivity index (χ1n) is 9.28. The van der Waals surface area contributed by atoms with Crippen molar-refractivity contribution in [2.45, 2.75) is 51.6 Å². The predicted octanol–water partition coefficient (Wildman–Crippen LogP) is 1.90. The van der Waals surface area contributed by atoms with E-state index in [-0.39, 0.29) is 30.7 Å². The van der Waals surface area contributed by atoms with Gasteiger partial charge in [-0.3, -0.25) is 4.79 Å². The maximum Gasteiger partial charge on any atom is 0.273 e. The smallest absolute Gasteiger partial charge is 0.273 e. The van der Waals surface area contributed by atoms with E-state index in [0.717, 1.165) is 39.0 Å². The molecule has 7 nitrogen and oxygen atoms in total. The highest BCUT2D eigenvalue weighted by Crippen LogP contribution is 2.18. The molecule has 9 heteroatoms. The lowest BCUT2D eigenvalue weighted by Gasteiger charge is -2.35. The quantitative estimate of drug-likeness (QED) is 0.780. The van der Waals surface area contributed by atoms with Gasteiger partial charge < -0.3 is 15.5 Å². The molecule has 1 aromatic rings. The number of nitrogens with one attached hydrogen (secondary N) is 2. The van der Waals surface area contributed by atoms with Crippen LogP contribution in [0.1, 0.15) is 56.1 Å². The Kier molecular flexibility index (Phi) is 9.85. The number of hydrogen-bond acceptors (Lipinski definition) is 5. The summed E-state index contributed by atoms with van der Waals surface area (Å²) < 4.78 is 1.86. The van der Waals surface area contributed by atoms with Crippen molar-refractivity contribution in [1.29, 1.82) is 0 Å². The number of amides is 1. The van der Waals surface area contributed by atoms with E-state index in [1.807, 2.05) is 4.68 Å². The Balaban J connectivity index is 0.00000169. The van der Waals surface area contributed by atoms with Crippen molar-refractivity contribution < 1.29 is 4.79 Å². The number of piperidine rings is 2. The summed E-state index contributed by atoms with van der Waals surface area (Å²) in [6.07, 6.45) is 6.28. The molecular formula is C17H32Cl2N6O. The van der Waals surface area contributed by atoms with Gasteiger partial charge in [0.15, 0.2) is 5.69 Å².